The molecular formula is C10H7N3O2. The van der Waals surface area contributed by atoms with E-state index < -0.39 is 10.8 Å². The molecule has 1 aromatic rings. The van der Waals surface area contributed by atoms with Crippen LogP contribution in [0, 0.1) is 38.7 Å². The normalized spacial score (nSPS) is 9.27. The van der Waals surface area contributed by atoms with Gasteiger partial charge in [-0.25, -0.2) is 0 Å². The standard InChI is InChI=1S/C10H7N3O2/c11-6-9(7-12)4-8-2-1-3-10(5-8)13(14)15/h1-3,5,9H,4H2. The van der Waals surface area contributed by atoms with E-state index in [4.69, 9.17) is 10.5 Å². The van der Waals surface area contributed by atoms with Crippen LogP contribution >= 0.6 is 0 Å². The lowest BCUT2D eigenvalue weighted by Crippen LogP contribution is -1.99. The summed E-state index contributed by atoms with van der Waals surface area (Å²) in [5, 5.41) is 27.6. The SMILES string of the molecule is N#CC(C#N)Cc1cccc([N+](=O)[O-])c1. The number of nitriles is 2. The lowest BCUT2D eigenvalue weighted by atomic mass is 10.0. The first-order valence-corrected chi connectivity index (χ1v) is 4.20. The molecule has 0 atom stereocenters. The molecule has 0 aliphatic heterocycles. The van der Waals surface area contributed by atoms with Gasteiger partial charge in [0.1, 0.15) is 5.92 Å². The number of rotatable bonds is 3. The van der Waals surface area contributed by atoms with Crippen molar-refractivity contribution >= 4 is 5.69 Å². The van der Waals surface area contributed by atoms with Crippen LogP contribution in [0.4, 0.5) is 5.69 Å². The Hall–Kier alpha value is -2.40. The van der Waals surface area contributed by atoms with Crippen molar-refractivity contribution in [3.8, 4) is 12.1 Å². The molecule has 74 valence electrons. The minimum atomic E-state index is -0.757. The zero-order valence-corrected chi connectivity index (χ0v) is 7.75. The highest BCUT2D eigenvalue weighted by atomic mass is 16.6. The fourth-order valence-electron chi connectivity index (χ4n) is 1.15. The molecule has 15 heavy (non-hydrogen) atoms. The Bertz CT molecular complexity index is 442. The summed E-state index contributed by atoms with van der Waals surface area (Å²) in [7, 11) is 0. The summed E-state index contributed by atoms with van der Waals surface area (Å²) in [5.41, 5.74) is 0.597. The van der Waals surface area contributed by atoms with Gasteiger partial charge in [-0.15, -0.1) is 0 Å². The number of hydrogen-bond acceptors (Lipinski definition) is 4. The quantitative estimate of drug-likeness (QED) is 0.550. The van der Waals surface area contributed by atoms with Crippen LogP contribution < -0.4 is 0 Å². The van der Waals surface area contributed by atoms with Crippen molar-refractivity contribution in [1.82, 2.24) is 0 Å². The average molecular weight is 201 g/mol. The third-order valence-corrected chi connectivity index (χ3v) is 1.87. The minimum absolute atomic E-state index is 0.0258. The van der Waals surface area contributed by atoms with Crippen LogP contribution in [-0.2, 0) is 6.42 Å². The molecule has 5 nitrogen and oxygen atoms in total. The van der Waals surface area contributed by atoms with E-state index in [-0.39, 0.29) is 12.1 Å². The number of non-ortho nitro benzene ring substituents is 1. The van der Waals surface area contributed by atoms with Crippen molar-refractivity contribution in [2.75, 3.05) is 0 Å². The topological polar surface area (TPSA) is 90.7 Å². The Balaban J connectivity index is 2.89. The number of nitro groups is 1. The smallest absolute Gasteiger partial charge is 0.258 e. The molecule has 0 saturated carbocycles. The molecule has 0 heterocycles. The van der Waals surface area contributed by atoms with Gasteiger partial charge in [0.15, 0.2) is 0 Å². The van der Waals surface area contributed by atoms with E-state index in [2.05, 4.69) is 0 Å². The van der Waals surface area contributed by atoms with Crippen molar-refractivity contribution in [3.63, 3.8) is 0 Å². The van der Waals surface area contributed by atoms with Gasteiger partial charge >= 0.3 is 0 Å². The van der Waals surface area contributed by atoms with Gasteiger partial charge in [0.05, 0.1) is 17.1 Å². The van der Waals surface area contributed by atoms with E-state index in [1.165, 1.54) is 12.1 Å². The monoisotopic (exact) mass is 201 g/mol. The Labute approximate surface area is 86.3 Å². The van der Waals surface area contributed by atoms with E-state index in [1.54, 1.807) is 12.1 Å². The second-order valence-corrected chi connectivity index (χ2v) is 2.94. The van der Waals surface area contributed by atoms with Crippen LogP contribution in [-0.4, -0.2) is 4.92 Å². The fourth-order valence-corrected chi connectivity index (χ4v) is 1.15. The first-order valence-electron chi connectivity index (χ1n) is 4.20. The molecule has 1 aromatic carbocycles. The maximum Gasteiger partial charge on any atom is 0.269 e. The van der Waals surface area contributed by atoms with Crippen LogP contribution in [0.15, 0.2) is 24.3 Å². The zero-order valence-electron chi connectivity index (χ0n) is 7.75. The number of nitrogens with zero attached hydrogens (tertiary/aromatic N) is 3. The van der Waals surface area contributed by atoms with Gasteiger partial charge in [0, 0.05) is 18.6 Å². The maximum atomic E-state index is 10.5. The second kappa shape index (κ2) is 4.73. The highest BCUT2D eigenvalue weighted by Gasteiger charge is 2.10. The van der Waals surface area contributed by atoms with Crippen LogP contribution in [0.1, 0.15) is 5.56 Å². The van der Waals surface area contributed by atoms with Crippen LogP contribution in [0.3, 0.4) is 0 Å². The van der Waals surface area contributed by atoms with Gasteiger partial charge in [-0.1, -0.05) is 12.1 Å². The third-order valence-electron chi connectivity index (χ3n) is 1.87. The molecule has 0 N–H and O–H groups in total. The third kappa shape index (κ3) is 2.78. The molecule has 0 aliphatic rings. The van der Waals surface area contributed by atoms with Gasteiger partial charge in [-0.3, -0.25) is 10.1 Å². The summed E-state index contributed by atoms with van der Waals surface area (Å²) in [6.45, 7) is 0. The first kappa shape index (κ1) is 10.7. The molecule has 5 heteroatoms. The summed E-state index contributed by atoms with van der Waals surface area (Å²) < 4.78 is 0. The van der Waals surface area contributed by atoms with Crippen LogP contribution in [0.25, 0.3) is 0 Å². The van der Waals surface area contributed by atoms with E-state index in [1.807, 2.05) is 12.1 Å². The molecule has 0 aromatic heterocycles. The Morgan fingerprint density at radius 1 is 1.40 bits per heavy atom. The van der Waals surface area contributed by atoms with Gasteiger partial charge in [0.25, 0.3) is 5.69 Å². The molecule has 0 amide bonds. The molecule has 0 bridgehead atoms. The van der Waals surface area contributed by atoms with Crippen molar-refractivity contribution in [2.45, 2.75) is 6.42 Å². The number of hydrogen-bond donors (Lipinski definition) is 0. The summed E-state index contributed by atoms with van der Waals surface area (Å²) in [6, 6.07) is 9.59. The second-order valence-electron chi connectivity index (χ2n) is 2.94. The van der Waals surface area contributed by atoms with E-state index in [9.17, 15) is 10.1 Å². The summed E-state index contributed by atoms with van der Waals surface area (Å²) in [6.07, 6.45) is 0.217. The van der Waals surface area contributed by atoms with Gasteiger partial charge in [-0.2, -0.15) is 10.5 Å². The van der Waals surface area contributed by atoms with E-state index in [0.717, 1.165) is 0 Å². The molecule has 0 fully saturated rings. The molecule has 0 unspecified atom stereocenters. The summed E-state index contributed by atoms with van der Waals surface area (Å²) in [4.78, 5) is 9.95. The highest BCUT2D eigenvalue weighted by Crippen LogP contribution is 2.15. The lowest BCUT2D eigenvalue weighted by Gasteiger charge is -2.00. The lowest BCUT2D eigenvalue weighted by molar-refractivity contribution is -0.384. The fraction of sp³-hybridized carbons (Fsp3) is 0.200. The van der Waals surface area contributed by atoms with Crippen molar-refractivity contribution in [3.05, 3.63) is 39.9 Å². The molecule has 1 rings (SSSR count). The number of nitro benzene ring substituents is 1. The predicted molar refractivity (Wildman–Crippen MR) is 51.5 cm³/mol. The molecular weight excluding hydrogens is 194 g/mol. The molecule has 0 radical (unpaired) electrons. The highest BCUT2D eigenvalue weighted by molar-refractivity contribution is 5.35. The Kier molecular flexibility index (Phi) is 3.37. The summed E-state index contributed by atoms with van der Waals surface area (Å²) >= 11 is 0. The largest absolute Gasteiger partial charge is 0.269 e. The van der Waals surface area contributed by atoms with Gasteiger partial charge in [-0.05, 0) is 5.56 Å². The summed E-state index contributed by atoms with van der Waals surface area (Å²) in [5.74, 6) is -0.757. The minimum Gasteiger partial charge on any atom is -0.258 e. The first-order chi connectivity index (χ1) is 7.17. The zero-order chi connectivity index (χ0) is 11.3. The molecule has 0 saturated heterocycles. The van der Waals surface area contributed by atoms with E-state index in [0.29, 0.717) is 5.56 Å². The van der Waals surface area contributed by atoms with Crippen LogP contribution in [0.2, 0.25) is 0 Å². The Morgan fingerprint density at radius 3 is 2.60 bits per heavy atom. The van der Waals surface area contributed by atoms with Crippen LogP contribution in [0.5, 0.6) is 0 Å². The van der Waals surface area contributed by atoms with Gasteiger partial charge < -0.3 is 0 Å². The van der Waals surface area contributed by atoms with Crippen molar-refractivity contribution in [1.29, 1.82) is 10.5 Å². The van der Waals surface area contributed by atoms with Crippen molar-refractivity contribution in [2.24, 2.45) is 5.92 Å². The molecule has 0 spiro atoms. The maximum absolute atomic E-state index is 10.5. The number of benzene rings is 1. The van der Waals surface area contributed by atoms with Gasteiger partial charge in [0.2, 0.25) is 0 Å². The molecule has 0 aliphatic carbocycles. The predicted octanol–water partition coefficient (Wildman–Crippen LogP) is 1.80. The van der Waals surface area contributed by atoms with E-state index >= 15 is 0 Å². The van der Waals surface area contributed by atoms with Crippen molar-refractivity contribution < 1.29 is 4.92 Å². The average Bonchev–Trinajstić information content (AvgIpc) is 2.26. The Morgan fingerprint density at radius 2 is 2.07 bits per heavy atom.